The molecule has 84 heavy (non-hydrogen) atoms. The number of nitrogens with zero attached hydrogens (tertiary/aromatic N) is 3. The summed E-state index contributed by atoms with van der Waals surface area (Å²) in [5, 5.41) is 11.7. The van der Waals surface area contributed by atoms with Crippen LogP contribution in [0.5, 0.6) is 0 Å². The van der Waals surface area contributed by atoms with Gasteiger partial charge in [-0.05, 0) is 166 Å². The number of aromatic nitrogens is 1. The molecule has 0 N–H and O–H groups in total. The van der Waals surface area contributed by atoms with E-state index in [1.54, 1.807) is 0 Å². The third-order valence-corrected chi connectivity index (χ3v) is 18.8. The van der Waals surface area contributed by atoms with Gasteiger partial charge in [0.15, 0.2) is 11.2 Å². The second-order valence-electron chi connectivity index (χ2n) is 23.3. The van der Waals surface area contributed by atoms with Gasteiger partial charge in [-0.3, -0.25) is 0 Å². The van der Waals surface area contributed by atoms with Crippen LogP contribution in [0.15, 0.2) is 258 Å². The Morgan fingerprint density at radius 3 is 1.35 bits per heavy atom. The third-order valence-electron chi connectivity index (χ3n) is 18.8. The molecule has 0 bridgehead atoms. The van der Waals surface area contributed by atoms with Gasteiger partial charge in [-0.2, -0.15) is 0 Å². The number of furan rings is 2. The molecule has 4 heterocycles. The van der Waals surface area contributed by atoms with Crippen LogP contribution in [0, 0.1) is 27.7 Å². The Bertz CT molecular complexity index is 5450. The molecule has 0 unspecified atom stereocenters. The molecule has 0 fully saturated rings. The van der Waals surface area contributed by atoms with E-state index in [2.05, 4.69) is 291 Å². The van der Waals surface area contributed by atoms with Crippen molar-refractivity contribution in [3.05, 3.63) is 293 Å². The quantitative estimate of drug-likeness (QED) is 0.166. The van der Waals surface area contributed by atoms with Gasteiger partial charge in [0.1, 0.15) is 11.2 Å². The largest absolute Gasteiger partial charge is 0.454 e. The average Bonchev–Trinajstić information content (AvgIpc) is 1.56. The first-order chi connectivity index (χ1) is 41.3. The lowest BCUT2D eigenvalue weighted by Gasteiger charge is -2.40. The minimum Gasteiger partial charge on any atom is -0.454 e. The second-order valence-corrected chi connectivity index (χ2v) is 23.3. The summed E-state index contributed by atoms with van der Waals surface area (Å²) in [5.41, 5.74) is 24.6. The summed E-state index contributed by atoms with van der Waals surface area (Å²) in [7, 11) is 0. The summed E-state index contributed by atoms with van der Waals surface area (Å²) < 4.78 is 16.8. The van der Waals surface area contributed by atoms with E-state index in [4.69, 9.17) is 8.83 Å². The van der Waals surface area contributed by atoms with Crippen LogP contribution in [0.1, 0.15) is 44.5 Å². The van der Waals surface area contributed by atoms with Crippen molar-refractivity contribution in [2.24, 2.45) is 0 Å². The van der Waals surface area contributed by atoms with Crippen LogP contribution < -0.4 is 9.80 Å². The fraction of sp³-hybridized carbons (Fsp3) is 0.0633. The van der Waals surface area contributed by atoms with Crippen molar-refractivity contribution in [2.75, 3.05) is 9.80 Å². The van der Waals surface area contributed by atoms with Crippen LogP contribution in [-0.2, 0) is 5.41 Å². The van der Waals surface area contributed by atoms with Crippen LogP contribution in [-0.4, -0.2) is 4.57 Å². The van der Waals surface area contributed by atoms with Crippen molar-refractivity contribution in [3.63, 3.8) is 0 Å². The van der Waals surface area contributed by atoms with E-state index in [9.17, 15) is 0 Å². The molecule has 1 aliphatic carbocycles. The van der Waals surface area contributed by atoms with Crippen molar-refractivity contribution in [1.82, 2.24) is 4.57 Å². The molecule has 1 spiro atoms. The summed E-state index contributed by atoms with van der Waals surface area (Å²) in [5.74, 6) is 0. The maximum Gasteiger partial charge on any atom is 0.159 e. The number of hydrogen-bond donors (Lipinski definition) is 0. The molecule has 13 aromatic carbocycles. The van der Waals surface area contributed by atoms with Gasteiger partial charge in [-0.15, -0.1) is 0 Å². The van der Waals surface area contributed by atoms with Crippen molar-refractivity contribution in [2.45, 2.75) is 33.1 Å². The zero-order chi connectivity index (χ0) is 55.7. The van der Waals surface area contributed by atoms with Gasteiger partial charge in [0.05, 0.1) is 33.5 Å². The Balaban J connectivity index is 1.02. The maximum atomic E-state index is 7.16. The molecule has 0 amide bonds. The molecular weight excluding hydrogens is 1020 g/mol. The molecular formula is C79H53N3O2. The number of rotatable bonds is 6. The average molecular weight is 1080 g/mol. The molecule has 2 aliphatic rings. The number of para-hydroxylation sites is 7. The zero-order valence-electron chi connectivity index (χ0n) is 46.8. The zero-order valence-corrected chi connectivity index (χ0v) is 46.8. The highest BCUT2D eigenvalue weighted by molar-refractivity contribution is 6.20. The smallest absolute Gasteiger partial charge is 0.159 e. The molecule has 18 rings (SSSR count). The monoisotopic (exact) mass is 1080 g/mol. The normalized spacial score (nSPS) is 13.1. The van der Waals surface area contributed by atoms with Crippen LogP contribution in [0.3, 0.4) is 0 Å². The van der Waals surface area contributed by atoms with E-state index < -0.39 is 5.41 Å². The van der Waals surface area contributed by atoms with Crippen LogP contribution >= 0.6 is 0 Å². The van der Waals surface area contributed by atoms with Gasteiger partial charge in [0, 0.05) is 55.1 Å². The highest BCUT2D eigenvalue weighted by Gasteiger charge is 2.52. The lowest BCUT2D eigenvalue weighted by atomic mass is 9.65. The standard InChI is InChI=1S/C79H53N3O2/c1-46-19-5-12-32-66(46)80(70-35-17-29-58-56-27-15-21-48(3)75(56)83-77(58)70)52-39-42-68-60(43-52)61-44-53(81(67-33-13-6-20-47(67)2)71-36-18-30-59-57-28-16-22-49(4)76(57)84-78(59)71)45-65-74(61)82(68)69-34-14-11-31-62(69)79(65)63-40-37-50-23-7-9-25-54(50)72(63)73-55-26-10-8-24-51(55)38-41-64(73)79/h5-45H,1-4H3. The van der Waals surface area contributed by atoms with Crippen molar-refractivity contribution >= 4 is 121 Å². The van der Waals surface area contributed by atoms with Gasteiger partial charge in [0.2, 0.25) is 0 Å². The molecule has 1 aliphatic heterocycles. The number of benzene rings is 13. The SMILES string of the molecule is Cc1ccccc1N(c1ccc2c(c1)c1cc(N(c3ccccc3C)c3cccc4c3oc3c(C)cccc34)cc3c1n2-c1ccccc1C31c2ccc3ccccc3c2-c2c1ccc1ccccc21)c1cccc2c1oc1c(C)cccc12. The summed E-state index contributed by atoms with van der Waals surface area (Å²) in [4.78, 5) is 4.90. The summed E-state index contributed by atoms with van der Waals surface area (Å²) in [6, 6.07) is 92.7. The Morgan fingerprint density at radius 2 is 0.762 bits per heavy atom. The highest BCUT2D eigenvalue weighted by Crippen LogP contribution is 2.64. The Morgan fingerprint density at radius 1 is 0.310 bits per heavy atom. The highest BCUT2D eigenvalue weighted by atomic mass is 16.3. The number of anilines is 6. The van der Waals surface area contributed by atoms with Gasteiger partial charge in [0.25, 0.3) is 0 Å². The first-order valence-electron chi connectivity index (χ1n) is 29.2. The topological polar surface area (TPSA) is 37.7 Å². The lowest BCUT2D eigenvalue weighted by molar-refractivity contribution is 0.665. The van der Waals surface area contributed by atoms with Crippen LogP contribution in [0.2, 0.25) is 0 Å². The van der Waals surface area contributed by atoms with E-state index in [1.165, 1.54) is 66.1 Å². The number of fused-ring (bicyclic) bond motifs is 22. The molecule has 3 aromatic heterocycles. The second kappa shape index (κ2) is 17.2. The number of hydrogen-bond acceptors (Lipinski definition) is 4. The molecule has 396 valence electrons. The predicted molar refractivity (Wildman–Crippen MR) is 350 cm³/mol. The van der Waals surface area contributed by atoms with E-state index in [0.717, 1.165) is 117 Å². The fourth-order valence-electron chi connectivity index (χ4n) is 15.2. The molecule has 0 saturated carbocycles. The summed E-state index contributed by atoms with van der Waals surface area (Å²) in [6.45, 7) is 8.72. The molecule has 5 heteroatoms. The molecule has 0 radical (unpaired) electrons. The molecule has 0 atom stereocenters. The first kappa shape index (κ1) is 47.1. The number of aryl methyl sites for hydroxylation is 4. The van der Waals surface area contributed by atoms with Gasteiger partial charge in [-0.25, -0.2) is 0 Å². The van der Waals surface area contributed by atoms with Crippen molar-refractivity contribution < 1.29 is 8.83 Å². The van der Waals surface area contributed by atoms with Gasteiger partial charge >= 0.3 is 0 Å². The molecule has 0 saturated heterocycles. The Kier molecular flexibility index (Phi) is 9.64. The first-order valence-corrected chi connectivity index (χ1v) is 29.2. The van der Waals surface area contributed by atoms with E-state index in [1.807, 2.05) is 0 Å². The van der Waals surface area contributed by atoms with Crippen LogP contribution in [0.4, 0.5) is 34.1 Å². The summed E-state index contributed by atoms with van der Waals surface area (Å²) in [6.07, 6.45) is 0. The lowest BCUT2D eigenvalue weighted by Crippen LogP contribution is -2.33. The van der Waals surface area contributed by atoms with Crippen LogP contribution in [0.25, 0.3) is 104 Å². The molecule has 16 aromatic rings. The predicted octanol–water partition coefficient (Wildman–Crippen LogP) is 21.7. The van der Waals surface area contributed by atoms with Crippen molar-refractivity contribution in [3.8, 4) is 16.8 Å². The Hall–Kier alpha value is -10.6. The minimum atomic E-state index is -0.765. The van der Waals surface area contributed by atoms with E-state index in [-0.39, 0.29) is 0 Å². The Labute approximate surface area is 485 Å². The van der Waals surface area contributed by atoms with Gasteiger partial charge < -0.3 is 23.2 Å². The minimum absolute atomic E-state index is 0.765. The fourth-order valence-corrected chi connectivity index (χ4v) is 15.2. The maximum absolute atomic E-state index is 7.16. The van der Waals surface area contributed by atoms with Crippen molar-refractivity contribution in [1.29, 1.82) is 0 Å². The molecule has 5 nitrogen and oxygen atoms in total. The van der Waals surface area contributed by atoms with E-state index in [0.29, 0.717) is 0 Å². The third kappa shape index (κ3) is 6.17. The summed E-state index contributed by atoms with van der Waals surface area (Å²) >= 11 is 0. The van der Waals surface area contributed by atoms with E-state index >= 15 is 0 Å². The van der Waals surface area contributed by atoms with Gasteiger partial charge in [-0.1, -0.05) is 188 Å².